The van der Waals surface area contributed by atoms with Gasteiger partial charge in [0.2, 0.25) is 5.75 Å². The summed E-state index contributed by atoms with van der Waals surface area (Å²) in [5.74, 6) is -0.647. The van der Waals surface area contributed by atoms with Gasteiger partial charge in [0.05, 0.1) is 10.5 Å². The first-order valence-electron chi connectivity index (χ1n) is 9.17. The minimum absolute atomic E-state index is 0.252. The SMILES string of the molecule is O=C(O)c1ccc(OCc2ccccc2)cc1.O=[N+]([O-])c1ccc2cccnc2c1O. The number of hydrogen-bond acceptors (Lipinski definition) is 6. The Hall–Kier alpha value is -4.46. The van der Waals surface area contributed by atoms with E-state index in [0.29, 0.717) is 17.7 Å². The number of fused-ring (bicyclic) bond motifs is 1. The van der Waals surface area contributed by atoms with Gasteiger partial charge in [0.15, 0.2) is 0 Å². The Labute approximate surface area is 177 Å². The molecule has 2 N–H and O–H groups in total. The van der Waals surface area contributed by atoms with Gasteiger partial charge in [0, 0.05) is 17.6 Å². The number of nitrogens with zero attached hydrogens (tertiary/aromatic N) is 2. The molecule has 3 aromatic carbocycles. The number of nitro groups is 1. The van der Waals surface area contributed by atoms with Crippen molar-refractivity contribution in [2.24, 2.45) is 0 Å². The Bertz CT molecular complexity index is 1190. The molecule has 0 bridgehead atoms. The van der Waals surface area contributed by atoms with Gasteiger partial charge in [-0.25, -0.2) is 4.79 Å². The van der Waals surface area contributed by atoms with E-state index >= 15 is 0 Å². The molecule has 0 aliphatic carbocycles. The molecule has 0 aliphatic rings. The van der Waals surface area contributed by atoms with Crippen molar-refractivity contribution >= 4 is 22.6 Å². The Morgan fingerprint density at radius 2 is 1.68 bits per heavy atom. The lowest BCUT2D eigenvalue weighted by atomic mass is 10.2. The molecule has 31 heavy (non-hydrogen) atoms. The number of phenols is 1. The largest absolute Gasteiger partial charge is 0.501 e. The summed E-state index contributed by atoms with van der Waals surface area (Å²) in [6.07, 6.45) is 1.48. The molecule has 0 spiro atoms. The van der Waals surface area contributed by atoms with Gasteiger partial charge in [-0.05, 0) is 42.0 Å². The fraction of sp³-hybridized carbons (Fsp3) is 0.0435. The number of benzene rings is 3. The number of rotatable bonds is 5. The molecule has 8 nitrogen and oxygen atoms in total. The minimum Gasteiger partial charge on any atom is -0.501 e. The molecule has 4 aromatic rings. The highest BCUT2D eigenvalue weighted by Crippen LogP contribution is 2.32. The molecule has 8 heteroatoms. The Morgan fingerprint density at radius 1 is 0.968 bits per heavy atom. The van der Waals surface area contributed by atoms with Gasteiger partial charge in [-0.1, -0.05) is 36.4 Å². The van der Waals surface area contributed by atoms with Gasteiger partial charge in [0.25, 0.3) is 0 Å². The van der Waals surface area contributed by atoms with Gasteiger partial charge < -0.3 is 14.9 Å². The average molecular weight is 418 g/mol. The van der Waals surface area contributed by atoms with Crippen LogP contribution in [0.4, 0.5) is 5.69 Å². The first-order chi connectivity index (χ1) is 15.0. The van der Waals surface area contributed by atoms with Gasteiger partial charge in [-0.15, -0.1) is 0 Å². The number of aromatic carboxylic acids is 1. The Kier molecular flexibility index (Phi) is 6.74. The van der Waals surface area contributed by atoms with Crippen LogP contribution in [0, 0.1) is 10.1 Å². The first-order valence-corrected chi connectivity index (χ1v) is 9.17. The molecule has 4 rings (SSSR count). The summed E-state index contributed by atoms with van der Waals surface area (Å²) in [4.78, 5) is 24.4. The fourth-order valence-corrected chi connectivity index (χ4v) is 2.70. The monoisotopic (exact) mass is 418 g/mol. The number of carbonyl (C=O) groups is 1. The van der Waals surface area contributed by atoms with E-state index in [1.807, 2.05) is 30.3 Å². The van der Waals surface area contributed by atoms with Crippen molar-refractivity contribution in [1.82, 2.24) is 4.98 Å². The maximum Gasteiger partial charge on any atom is 0.335 e. The standard InChI is InChI=1S/C14H12O3.C9H6N2O3/c15-14(16)12-6-8-13(9-7-12)17-10-11-4-2-1-3-5-11;12-9-7(11(13)14)4-3-6-2-1-5-10-8(6)9/h1-9H,10H2,(H,15,16);1-5,12H. The van der Waals surface area contributed by atoms with Crippen molar-refractivity contribution < 1.29 is 24.7 Å². The maximum atomic E-state index is 10.7. The summed E-state index contributed by atoms with van der Waals surface area (Å²) in [7, 11) is 0. The molecule has 0 aliphatic heterocycles. The van der Waals surface area contributed by atoms with Crippen molar-refractivity contribution in [2.45, 2.75) is 6.61 Å². The highest BCUT2D eigenvalue weighted by atomic mass is 16.6. The number of aromatic nitrogens is 1. The summed E-state index contributed by atoms with van der Waals surface area (Å²) in [5.41, 5.74) is 1.27. The van der Waals surface area contributed by atoms with Crippen molar-refractivity contribution in [3.8, 4) is 11.5 Å². The quantitative estimate of drug-likeness (QED) is 0.352. The number of hydrogen-bond donors (Lipinski definition) is 2. The second-order valence-corrected chi connectivity index (χ2v) is 6.37. The smallest absolute Gasteiger partial charge is 0.335 e. The summed E-state index contributed by atoms with van der Waals surface area (Å²) in [6, 6.07) is 22.4. The molecule has 0 saturated carbocycles. The molecule has 1 aromatic heterocycles. The van der Waals surface area contributed by atoms with Crippen LogP contribution in [0.3, 0.4) is 0 Å². The third kappa shape index (κ3) is 5.54. The number of carboxylic acid groups (broad SMARTS) is 1. The van der Waals surface area contributed by atoms with E-state index in [1.165, 1.54) is 24.4 Å². The molecule has 0 radical (unpaired) electrons. The van der Waals surface area contributed by atoms with E-state index in [4.69, 9.17) is 9.84 Å². The van der Waals surface area contributed by atoms with Gasteiger partial charge in [0.1, 0.15) is 17.9 Å². The maximum absolute atomic E-state index is 10.7. The van der Waals surface area contributed by atoms with Crippen LogP contribution in [0.15, 0.2) is 85.1 Å². The molecule has 0 saturated heterocycles. The Balaban J connectivity index is 0.000000179. The van der Waals surface area contributed by atoms with Crippen LogP contribution in [0.5, 0.6) is 11.5 Å². The number of pyridine rings is 1. The van der Waals surface area contributed by atoms with Gasteiger partial charge >= 0.3 is 11.7 Å². The van der Waals surface area contributed by atoms with E-state index in [2.05, 4.69) is 4.98 Å². The highest BCUT2D eigenvalue weighted by molar-refractivity contribution is 5.88. The third-order valence-corrected chi connectivity index (χ3v) is 4.27. The van der Waals surface area contributed by atoms with Crippen molar-refractivity contribution in [3.63, 3.8) is 0 Å². The number of carboxylic acids is 1. The molecule has 0 unspecified atom stereocenters. The van der Waals surface area contributed by atoms with Crippen LogP contribution in [-0.2, 0) is 6.61 Å². The zero-order valence-electron chi connectivity index (χ0n) is 16.2. The second-order valence-electron chi connectivity index (χ2n) is 6.37. The van der Waals surface area contributed by atoms with Crippen LogP contribution in [0.25, 0.3) is 10.9 Å². The fourth-order valence-electron chi connectivity index (χ4n) is 2.70. The third-order valence-electron chi connectivity index (χ3n) is 4.27. The van der Waals surface area contributed by atoms with Crippen LogP contribution < -0.4 is 4.74 Å². The van der Waals surface area contributed by atoms with E-state index in [9.17, 15) is 20.0 Å². The predicted molar refractivity (Wildman–Crippen MR) is 114 cm³/mol. The van der Waals surface area contributed by atoms with Crippen molar-refractivity contribution in [3.05, 3.63) is 106 Å². The summed E-state index contributed by atoms with van der Waals surface area (Å²) < 4.78 is 5.53. The van der Waals surface area contributed by atoms with Crippen molar-refractivity contribution in [2.75, 3.05) is 0 Å². The van der Waals surface area contributed by atoms with E-state index in [-0.39, 0.29) is 22.5 Å². The van der Waals surface area contributed by atoms with Crippen LogP contribution >= 0.6 is 0 Å². The first kappa shape index (κ1) is 21.3. The van der Waals surface area contributed by atoms with Gasteiger partial charge in [-0.2, -0.15) is 0 Å². The van der Waals surface area contributed by atoms with E-state index < -0.39 is 10.9 Å². The summed E-state index contributed by atoms with van der Waals surface area (Å²) >= 11 is 0. The molecule has 0 atom stereocenters. The molecule has 0 fully saturated rings. The second kappa shape index (κ2) is 9.84. The number of ether oxygens (including phenoxy) is 1. The van der Waals surface area contributed by atoms with E-state index in [0.717, 1.165) is 5.56 Å². The van der Waals surface area contributed by atoms with Crippen LogP contribution in [0.1, 0.15) is 15.9 Å². The summed E-state index contributed by atoms with van der Waals surface area (Å²) in [6.45, 7) is 0.479. The zero-order chi connectivity index (χ0) is 22.2. The molecular weight excluding hydrogens is 400 g/mol. The number of nitro benzene ring substituents is 1. The lowest BCUT2D eigenvalue weighted by molar-refractivity contribution is -0.385. The average Bonchev–Trinajstić information content (AvgIpc) is 2.79. The number of phenolic OH excluding ortho intramolecular Hbond substituents is 1. The van der Waals surface area contributed by atoms with Crippen molar-refractivity contribution in [1.29, 1.82) is 0 Å². The summed E-state index contributed by atoms with van der Waals surface area (Å²) in [5, 5.41) is 29.4. The molecule has 0 amide bonds. The number of aromatic hydroxyl groups is 1. The molecular formula is C23H18N2O6. The van der Waals surface area contributed by atoms with Crippen LogP contribution in [0.2, 0.25) is 0 Å². The normalized spacial score (nSPS) is 10.1. The zero-order valence-corrected chi connectivity index (χ0v) is 16.2. The Morgan fingerprint density at radius 3 is 2.32 bits per heavy atom. The van der Waals surface area contributed by atoms with Gasteiger partial charge in [-0.3, -0.25) is 15.1 Å². The predicted octanol–water partition coefficient (Wildman–Crippen LogP) is 4.81. The lowest BCUT2D eigenvalue weighted by Gasteiger charge is -2.06. The lowest BCUT2D eigenvalue weighted by Crippen LogP contribution is -1.97. The van der Waals surface area contributed by atoms with Crippen LogP contribution in [-0.4, -0.2) is 26.1 Å². The molecule has 1 heterocycles. The van der Waals surface area contributed by atoms with E-state index in [1.54, 1.807) is 30.3 Å². The molecule has 156 valence electrons. The minimum atomic E-state index is -0.931. The highest BCUT2D eigenvalue weighted by Gasteiger charge is 2.16. The topological polar surface area (TPSA) is 123 Å².